The molecule has 5 aromatic rings. The van der Waals surface area contributed by atoms with E-state index in [2.05, 4.69) is 35.8 Å². The second-order valence-corrected chi connectivity index (χ2v) is 12.2. The molecule has 1 fully saturated rings. The maximum absolute atomic E-state index is 13.0. The highest BCUT2D eigenvalue weighted by atomic mass is 16.5. The summed E-state index contributed by atoms with van der Waals surface area (Å²) < 4.78 is 23.8. The van der Waals surface area contributed by atoms with Gasteiger partial charge in [0.2, 0.25) is 5.82 Å². The maximum atomic E-state index is 13.0. The molecule has 1 saturated carbocycles. The Morgan fingerprint density at radius 3 is 2.56 bits per heavy atom. The first-order valence-corrected chi connectivity index (χ1v) is 17.1. The first-order valence-electron chi connectivity index (χ1n) is 17.1. The molecular formula is C36H42N8O6. The quantitative estimate of drug-likeness (QED) is 0.0788. The molecule has 1 aliphatic carbocycles. The number of fused-ring (bicyclic) bond motifs is 1. The standard InChI is InChI=1S/C36H42N8O6/c1-25-21-28(40-36(46)41-29-23-37-30-15-16-39-44(30)33(29)26-11-6-7-12-26)22-38-32(25)34-42-31(50-43-34)24-48-19-10-18-47-17-8-3-9-20-49-35(45)27-13-4-2-5-14-27/h2,4-5,13-16,21-23,26H,3,6-12,17-20,24H2,1H3,(H2,40,41,46). The number of hydrogen-bond donors (Lipinski definition) is 2. The third-order valence-electron chi connectivity index (χ3n) is 8.44. The van der Waals surface area contributed by atoms with E-state index in [1.807, 2.05) is 41.8 Å². The summed E-state index contributed by atoms with van der Waals surface area (Å²) in [5.74, 6) is 0.714. The molecule has 2 N–H and O–H groups in total. The summed E-state index contributed by atoms with van der Waals surface area (Å²) >= 11 is 0. The van der Waals surface area contributed by atoms with Crippen molar-refractivity contribution in [3.63, 3.8) is 0 Å². The number of urea groups is 1. The Morgan fingerprint density at radius 1 is 0.920 bits per heavy atom. The fourth-order valence-corrected chi connectivity index (χ4v) is 5.98. The smallest absolute Gasteiger partial charge is 0.338 e. The second-order valence-electron chi connectivity index (χ2n) is 12.2. The minimum atomic E-state index is -0.394. The van der Waals surface area contributed by atoms with E-state index in [0.29, 0.717) is 66.7 Å². The molecule has 0 atom stereocenters. The molecule has 0 spiro atoms. The Bertz CT molecular complexity index is 1850. The van der Waals surface area contributed by atoms with Crippen LogP contribution in [-0.4, -0.2) is 68.2 Å². The Labute approximate surface area is 289 Å². The predicted molar refractivity (Wildman–Crippen MR) is 185 cm³/mol. The highest BCUT2D eigenvalue weighted by Crippen LogP contribution is 2.37. The monoisotopic (exact) mass is 682 g/mol. The zero-order valence-corrected chi connectivity index (χ0v) is 28.2. The highest BCUT2D eigenvalue weighted by Gasteiger charge is 2.25. The van der Waals surface area contributed by atoms with E-state index in [1.54, 1.807) is 30.7 Å². The zero-order chi connectivity index (χ0) is 34.5. The van der Waals surface area contributed by atoms with Crippen molar-refractivity contribution in [1.29, 1.82) is 0 Å². The molecule has 0 aliphatic heterocycles. The molecular weight excluding hydrogens is 640 g/mol. The third-order valence-corrected chi connectivity index (χ3v) is 8.44. The van der Waals surface area contributed by atoms with Crippen molar-refractivity contribution in [2.75, 3.05) is 37.1 Å². The van der Waals surface area contributed by atoms with Gasteiger partial charge >= 0.3 is 12.0 Å². The summed E-state index contributed by atoms with van der Waals surface area (Å²) in [7, 11) is 0. The van der Waals surface area contributed by atoms with Gasteiger partial charge in [-0.05, 0) is 69.2 Å². The summed E-state index contributed by atoms with van der Waals surface area (Å²) in [6, 6.07) is 12.3. The third kappa shape index (κ3) is 9.27. The largest absolute Gasteiger partial charge is 0.462 e. The Kier molecular flexibility index (Phi) is 12.1. The number of aromatic nitrogens is 6. The van der Waals surface area contributed by atoms with Gasteiger partial charge in [-0.1, -0.05) is 36.2 Å². The van der Waals surface area contributed by atoms with Crippen LogP contribution in [0.1, 0.15) is 84.8 Å². The van der Waals surface area contributed by atoms with Crippen LogP contribution in [0.25, 0.3) is 17.2 Å². The summed E-state index contributed by atoms with van der Waals surface area (Å²) in [4.78, 5) is 38.3. The molecule has 14 nitrogen and oxygen atoms in total. The van der Waals surface area contributed by atoms with Gasteiger partial charge in [0.25, 0.3) is 5.89 Å². The lowest BCUT2D eigenvalue weighted by atomic mass is 10.0. The van der Waals surface area contributed by atoms with Crippen molar-refractivity contribution in [1.82, 2.24) is 29.7 Å². The SMILES string of the molecule is Cc1cc(NC(=O)Nc2cnc3ccnn3c2C2CCCC2)cnc1-c1noc(COCCCOCCCCCOC(=O)c2ccccc2)n1. The molecule has 6 rings (SSSR count). The number of unbranched alkanes of at least 4 members (excludes halogenated alkanes) is 2. The number of aryl methyl sites for hydroxylation is 1. The number of carbonyl (C=O) groups is 2. The van der Waals surface area contributed by atoms with E-state index in [1.165, 1.54) is 0 Å². The molecule has 50 heavy (non-hydrogen) atoms. The van der Waals surface area contributed by atoms with E-state index >= 15 is 0 Å². The van der Waals surface area contributed by atoms with Gasteiger partial charge in [-0.25, -0.2) is 19.1 Å². The van der Waals surface area contributed by atoms with Crippen molar-refractivity contribution in [2.24, 2.45) is 0 Å². The van der Waals surface area contributed by atoms with Crippen LogP contribution in [-0.2, 0) is 20.8 Å². The van der Waals surface area contributed by atoms with Crippen LogP contribution in [0.4, 0.5) is 16.2 Å². The van der Waals surface area contributed by atoms with Gasteiger partial charge in [-0.15, -0.1) is 0 Å². The van der Waals surface area contributed by atoms with Crippen molar-refractivity contribution in [3.05, 3.63) is 83.8 Å². The molecule has 0 radical (unpaired) electrons. The molecule has 4 heterocycles. The average Bonchev–Trinajstić information content (AvgIpc) is 3.92. The van der Waals surface area contributed by atoms with Crippen LogP contribution >= 0.6 is 0 Å². The number of benzene rings is 1. The van der Waals surface area contributed by atoms with E-state index in [9.17, 15) is 9.59 Å². The molecule has 1 aliphatic rings. The van der Waals surface area contributed by atoms with Crippen molar-refractivity contribution < 1.29 is 28.3 Å². The van der Waals surface area contributed by atoms with Crippen LogP contribution in [0, 0.1) is 6.92 Å². The number of rotatable bonds is 17. The van der Waals surface area contributed by atoms with Gasteiger partial charge in [0.15, 0.2) is 5.65 Å². The minimum Gasteiger partial charge on any atom is -0.462 e. The topological polar surface area (TPSA) is 168 Å². The van der Waals surface area contributed by atoms with Gasteiger partial charge in [0, 0.05) is 31.8 Å². The fraction of sp³-hybridized carbons (Fsp3) is 0.417. The van der Waals surface area contributed by atoms with Crippen LogP contribution in [0.5, 0.6) is 0 Å². The Morgan fingerprint density at radius 2 is 1.72 bits per heavy atom. The lowest BCUT2D eigenvalue weighted by molar-refractivity contribution is 0.0489. The van der Waals surface area contributed by atoms with Gasteiger partial charge in [0.1, 0.15) is 12.3 Å². The summed E-state index contributed by atoms with van der Waals surface area (Å²) in [6.07, 6.45) is 12.8. The molecule has 14 heteroatoms. The van der Waals surface area contributed by atoms with Crippen LogP contribution in [0.3, 0.4) is 0 Å². The van der Waals surface area contributed by atoms with Crippen LogP contribution in [0.2, 0.25) is 0 Å². The number of anilines is 2. The maximum Gasteiger partial charge on any atom is 0.338 e. The molecule has 0 unspecified atom stereocenters. The normalized spacial score (nSPS) is 13.1. The number of nitrogens with zero attached hydrogens (tertiary/aromatic N) is 6. The van der Waals surface area contributed by atoms with E-state index in [4.69, 9.17) is 18.7 Å². The Hall–Kier alpha value is -5.21. The number of esters is 1. The number of amides is 2. The second kappa shape index (κ2) is 17.4. The van der Waals surface area contributed by atoms with E-state index < -0.39 is 6.03 Å². The fourth-order valence-electron chi connectivity index (χ4n) is 5.98. The molecule has 4 aromatic heterocycles. The molecule has 262 valence electrons. The van der Waals surface area contributed by atoms with Gasteiger partial charge in [-0.2, -0.15) is 10.1 Å². The molecule has 1 aromatic carbocycles. The first kappa shape index (κ1) is 34.6. The van der Waals surface area contributed by atoms with Crippen molar-refractivity contribution >= 4 is 29.0 Å². The van der Waals surface area contributed by atoms with Crippen molar-refractivity contribution in [2.45, 2.75) is 70.8 Å². The molecule has 2 amide bonds. The van der Waals surface area contributed by atoms with Gasteiger partial charge < -0.3 is 29.4 Å². The average molecular weight is 683 g/mol. The summed E-state index contributed by atoms with van der Waals surface area (Å²) in [6.45, 7) is 4.16. The van der Waals surface area contributed by atoms with E-state index in [0.717, 1.165) is 68.3 Å². The van der Waals surface area contributed by atoms with Gasteiger partial charge in [-0.3, -0.25) is 4.98 Å². The predicted octanol–water partition coefficient (Wildman–Crippen LogP) is 6.73. The number of ether oxygens (including phenoxy) is 3. The highest BCUT2D eigenvalue weighted by molar-refractivity contribution is 6.00. The zero-order valence-electron chi connectivity index (χ0n) is 28.2. The van der Waals surface area contributed by atoms with Crippen molar-refractivity contribution in [3.8, 4) is 11.5 Å². The number of carbonyl (C=O) groups excluding carboxylic acids is 2. The Balaban J connectivity index is 0.872. The first-order chi connectivity index (χ1) is 24.5. The summed E-state index contributed by atoms with van der Waals surface area (Å²) in [5.41, 5.74) is 4.80. The number of pyridine rings is 1. The lowest BCUT2D eigenvalue weighted by Gasteiger charge is -2.17. The molecule has 0 bridgehead atoms. The summed E-state index contributed by atoms with van der Waals surface area (Å²) in [5, 5.41) is 14.3. The van der Waals surface area contributed by atoms with Crippen LogP contribution in [0.15, 0.2) is 65.6 Å². The minimum absolute atomic E-state index is 0.176. The number of nitrogens with one attached hydrogen (secondary N) is 2. The van der Waals surface area contributed by atoms with E-state index in [-0.39, 0.29) is 12.6 Å². The lowest BCUT2D eigenvalue weighted by Crippen LogP contribution is -2.22. The van der Waals surface area contributed by atoms with Gasteiger partial charge in [0.05, 0.1) is 47.8 Å². The molecule has 0 saturated heterocycles. The number of hydrogen-bond acceptors (Lipinski definition) is 11. The van der Waals surface area contributed by atoms with Crippen LogP contribution < -0.4 is 10.6 Å².